The number of hydrogen-bond donors (Lipinski definition) is 1. The van der Waals surface area contributed by atoms with Gasteiger partial charge in [0.05, 0.1) is 4.90 Å². The van der Waals surface area contributed by atoms with Crippen molar-refractivity contribution in [3.05, 3.63) is 42.0 Å². The van der Waals surface area contributed by atoms with E-state index in [0.717, 1.165) is 24.9 Å². The molecule has 0 bridgehead atoms. The maximum absolute atomic E-state index is 12.4. The number of amides is 1. The number of carbonyl (C=O) groups excluding carboxylic acids is 1. The average Bonchev–Trinajstić information content (AvgIpc) is 2.94. The summed E-state index contributed by atoms with van der Waals surface area (Å²) in [5, 5.41) is 7.06. The van der Waals surface area contributed by atoms with Crippen LogP contribution in [0.4, 0.5) is 0 Å². The van der Waals surface area contributed by atoms with E-state index < -0.39 is 15.7 Å². The monoisotopic (exact) mass is 320 g/mol. The molecule has 0 saturated carbocycles. The predicted octanol–water partition coefficient (Wildman–Crippen LogP) is 0.426. The number of hydrogen-bond acceptors (Lipinski definition) is 5. The summed E-state index contributed by atoms with van der Waals surface area (Å²) >= 11 is 0. The molecule has 1 aliphatic heterocycles. The SMILES string of the molecule is CS(=O)(=O)c1cccnc1C(=O)NC1CCn2nccc2C1. The number of aromatic nitrogens is 3. The Morgan fingerprint density at radius 1 is 1.36 bits per heavy atom. The molecule has 1 atom stereocenters. The summed E-state index contributed by atoms with van der Waals surface area (Å²) in [6.45, 7) is 0.731. The lowest BCUT2D eigenvalue weighted by Gasteiger charge is -2.24. The fourth-order valence-electron chi connectivity index (χ4n) is 2.60. The lowest BCUT2D eigenvalue weighted by molar-refractivity contribution is 0.0921. The third-order valence-corrected chi connectivity index (χ3v) is 4.80. The molecule has 7 nitrogen and oxygen atoms in total. The smallest absolute Gasteiger partial charge is 0.271 e. The molecule has 0 spiro atoms. The van der Waals surface area contributed by atoms with Crippen LogP contribution in [0.3, 0.4) is 0 Å². The van der Waals surface area contributed by atoms with Gasteiger partial charge < -0.3 is 5.32 Å². The molecule has 2 aromatic rings. The van der Waals surface area contributed by atoms with Gasteiger partial charge >= 0.3 is 0 Å². The van der Waals surface area contributed by atoms with Crippen molar-refractivity contribution in [3.63, 3.8) is 0 Å². The standard InChI is InChI=1S/C14H16N4O3S/c1-22(20,21)12-3-2-6-15-13(12)14(19)17-10-5-8-18-11(9-10)4-7-16-18/h2-4,6-7,10H,5,8-9H2,1H3,(H,17,19). The van der Waals surface area contributed by atoms with Crippen molar-refractivity contribution < 1.29 is 13.2 Å². The minimum atomic E-state index is -3.50. The van der Waals surface area contributed by atoms with Crippen LogP contribution in [0.15, 0.2) is 35.5 Å². The Hall–Kier alpha value is -2.22. The molecule has 1 aliphatic rings. The van der Waals surface area contributed by atoms with Gasteiger partial charge in [-0.25, -0.2) is 13.4 Å². The van der Waals surface area contributed by atoms with Crippen LogP contribution in [0, 0.1) is 0 Å². The summed E-state index contributed by atoms with van der Waals surface area (Å²) in [5.41, 5.74) is 1.00. The van der Waals surface area contributed by atoms with E-state index in [1.807, 2.05) is 10.7 Å². The Balaban J connectivity index is 1.79. The highest BCUT2D eigenvalue weighted by Gasteiger charge is 2.24. The van der Waals surface area contributed by atoms with Crippen LogP contribution in [-0.4, -0.2) is 41.4 Å². The van der Waals surface area contributed by atoms with Crippen molar-refractivity contribution in [2.45, 2.75) is 30.3 Å². The van der Waals surface area contributed by atoms with Crippen molar-refractivity contribution in [1.82, 2.24) is 20.1 Å². The van der Waals surface area contributed by atoms with Crippen LogP contribution in [0.1, 0.15) is 22.6 Å². The van der Waals surface area contributed by atoms with Crippen molar-refractivity contribution in [3.8, 4) is 0 Å². The van der Waals surface area contributed by atoms with Gasteiger partial charge in [-0.2, -0.15) is 5.10 Å². The third-order valence-electron chi connectivity index (χ3n) is 3.67. The predicted molar refractivity (Wildman–Crippen MR) is 79.1 cm³/mol. The van der Waals surface area contributed by atoms with Crippen LogP contribution in [0.5, 0.6) is 0 Å². The number of pyridine rings is 1. The van der Waals surface area contributed by atoms with Gasteiger partial charge in [0.2, 0.25) is 0 Å². The summed E-state index contributed by atoms with van der Waals surface area (Å²) in [4.78, 5) is 16.3. The van der Waals surface area contributed by atoms with Crippen LogP contribution >= 0.6 is 0 Å². The summed E-state index contributed by atoms with van der Waals surface area (Å²) in [6.07, 6.45) is 5.65. The summed E-state index contributed by atoms with van der Waals surface area (Å²) in [7, 11) is -3.50. The van der Waals surface area contributed by atoms with E-state index in [1.165, 1.54) is 18.3 Å². The largest absolute Gasteiger partial charge is 0.347 e. The number of rotatable bonds is 3. The van der Waals surface area contributed by atoms with E-state index in [1.54, 1.807) is 6.20 Å². The Morgan fingerprint density at radius 3 is 2.95 bits per heavy atom. The first-order chi connectivity index (χ1) is 10.4. The molecular weight excluding hydrogens is 304 g/mol. The van der Waals surface area contributed by atoms with Gasteiger partial charge in [0.25, 0.3) is 5.91 Å². The Bertz CT molecular complexity index is 813. The fraction of sp³-hybridized carbons (Fsp3) is 0.357. The highest BCUT2D eigenvalue weighted by atomic mass is 32.2. The Morgan fingerprint density at radius 2 is 2.18 bits per heavy atom. The number of sulfone groups is 1. The van der Waals surface area contributed by atoms with E-state index in [2.05, 4.69) is 15.4 Å². The van der Waals surface area contributed by atoms with Crippen molar-refractivity contribution in [1.29, 1.82) is 0 Å². The van der Waals surface area contributed by atoms with Crippen LogP contribution in [-0.2, 0) is 22.8 Å². The van der Waals surface area contributed by atoms with Crippen molar-refractivity contribution >= 4 is 15.7 Å². The topological polar surface area (TPSA) is 94.0 Å². The molecule has 3 rings (SSSR count). The first kappa shape index (κ1) is 14.7. The van der Waals surface area contributed by atoms with E-state index in [9.17, 15) is 13.2 Å². The number of carbonyl (C=O) groups is 1. The molecule has 1 unspecified atom stereocenters. The normalized spacial score (nSPS) is 17.8. The number of nitrogens with one attached hydrogen (secondary N) is 1. The molecule has 0 aliphatic carbocycles. The fourth-order valence-corrected chi connectivity index (χ4v) is 3.43. The molecular formula is C14H16N4O3S. The zero-order valence-electron chi connectivity index (χ0n) is 12.1. The first-order valence-electron chi connectivity index (χ1n) is 6.92. The summed E-state index contributed by atoms with van der Waals surface area (Å²) < 4.78 is 25.4. The van der Waals surface area contributed by atoms with Crippen LogP contribution in [0.2, 0.25) is 0 Å². The van der Waals surface area contributed by atoms with Crippen LogP contribution < -0.4 is 5.32 Å². The van der Waals surface area contributed by atoms with Gasteiger partial charge in [0.15, 0.2) is 9.84 Å². The zero-order chi connectivity index (χ0) is 15.7. The molecule has 0 saturated heterocycles. The second-order valence-corrected chi connectivity index (χ2v) is 7.32. The summed E-state index contributed by atoms with van der Waals surface area (Å²) in [5.74, 6) is -0.459. The molecule has 2 aromatic heterocycles. The van der Waals surface area contributed by atoms with Gasteiger partial charge in [-0.15, -0.1) is 0 Å². The zero-order valence-corrected chi connectivity index (χ0v) is 12.9. The molecule has 1 amide bonds. The molecule has 0 radical (unpaired) electrons. The maximum Gasteiger partial charge on any atom is 0.271 e. The van der Waals surface area contributed by atoms with Gasteiger partial charge in [-0.1, -0.05) is 0 Å². The third kappa shape index (κ3) is 2.87. The molecule has 1 N–H and O–H groups in total. The van der Waals surface area contributed by atoms with E-state index >= 15 is 0 Å². The molecule has 0 aromatic carbocycles. The van der Waals surface area contributed by atoms with Crippen molar-refractivity contribution in [2.75, 3.05) is 6.26 Å². The molecule has 3 heterocycles. The lowest BCUT2D eigenvalue weighted by atomic mass is 10.0. The van der Waals surface area contributed by atoms with E-state index in [4.69, 9.17) is 0 Å². The van der Waals surface area contributed by atoms with Gasteiger partial charge in [0.1, 0.15) is 5.69 Å². The summed E-state index contributed by atoms with van der Waals surface area (Å²) in [6, 6.07) is 4.77. The lowest BCUT2D eigenvalue weighted by Crippen LogP contribution is -2.41. The number of aryl methyl sites for hydroxylation is 1. The number of nitrogens with zero attached hydrogens (tertiary/aromatic N) is 3. The quantitative estimate of drug-likeness (QED) is 0.885. The number of fused-ring (bicyclic) bond motifs is 1. The van der Waals surface area contributed by atoms with Gasteiger partial charge in [-0.05, 0) is 24.6 Å². The second-order valence-electron chi connectivity index (χ2n) is 5.33. The highest BCUT2D eigenvalue weighted by Crippen LogP contribution is 2.16. The maximum atomic E-state index is 12.4. The van der Waals surface area contributed by atoms with E-state index in [0.29, 0.717) is 6.42 Å². The van der Waals surface area contributed by atoms with E-state index in [-0.39, 0.29) is 16.6 Å². The molecule has 22 heavy (non-hydrogen) atoms. The van der Waals surface area contributed by atoms with Gasteiger partial charge in [0, 0.05) is 43.4 Å². The molecule has 116 valence electrons. The Kier molecular flexibility index (Phi) is 3.69. The minimum absolute atomic E-state index is 0.0478. The van der Waals surface area contributed by atoms with Gasteiger partial charge in [-0.3, -0.25) is 9.48 Å². The minimum Gasteiger partial charge on any atom is -0.347 e. The molecule has 0 fully saturated rings. The first-order valence-corrected chi connectivity index (χ1v) is 8.81. The molecule has 8 heteroatoms. The second kappa shape index (κ2) is 5.53. The van der Waals surface area contributed by atoms with Crippen LogP contribution in [0.25, 0.3) is 0 Å². The van der Waals surface area contributed by atoms with Crippen molar-refractivity contribution in [2.24, 2.45) is 0 Å². The average molecular weight is 320 g/mol. The highest BCUT2D eigenvalue weighted by molar-refractivity contribution is 7.90. The Labute approximate surface area is 128 Å².